The molecule has 1 aromatic heterocycles. The van der Waals surface area contributed by atoms with Gasteiger partial charge in [0, 0.05) is 38.3 Å². The van der Waals surface area contributed by atoms with E-state index in [-0.39, 0.29) is 11.1 Å². The van der Waals surface area contributed by atoms with E-state index in [4.69, 9.17) is 0 Å². The van der Waals surface area contributed by atoms with Gasteiger partial charge in [-0.3, -0.25) is 9.69 Å². The summed E-state index contributed by atoms with van der Waals surface area (Å²) in [5.74, 6) is 0. The van der Waals surface area contributed by atoms with Gasteiger partial charge in [0.05, 0.1) is 5.69 Å². The van der Waals surface area contributed by atoms with Gasteiger partial charge in [-0.15, -0.1) is 0 Å². The number of benzene rings is 1. The minimum Gasteiger partial charge on any atom is -0.301 e. The van der Waals surface area contributed by atoms with E-state index >= 15 is 0 Å². The number of nitriles is 1. The number of hydrogen-bond donors (Lipinski definition) is 1. The molecular formula is C21H27N5OS. The predicted octanol–water partition coefficient (Wildman–Crippen LogP) is 2.78. The smallest absolute Gasteiger partial charge is 0.270 e. The number of likely N-dealkylation sites (N-methyl/N-ethyl adjacent to an activating group) is 1. The largest absolute Gasteiger partial charge is 0.301 e. The number of hydrogen-bond acceptors (Lipinski definition) is 6. The number of nitrogens with zero attached hydrogens (tertiary/aromatic N) is 4. The molecule has 28 heavy (non-hydrogen) atoms. The summed E-state index contributed by atoms with van der Waals surface area (Å²) in [6, 6.07) is 6.28. The van der Waals surface area contributed by atoms with Gasteiger partial charge in [0.2, 0.25) is 0 Å². The number of aromatic nitrogens is 2. The molecule has 2 aromatic rings. The van der Waals surface area contributed by atoms with Crippen LogP contribution in [0.2, 0.25) is 0 Å². The molecule has 1 saturated heterocycles. The summed E-state index contributed by atoms with van der Waals surface area (Å²) >= 11 is 1.37. The van der Waals surface area contributed by atoms with Crippen LogP contribution >= 0.6 is 11.8 Å². The SMILES string of the molecule is CCN1CCN(Cc2cc(C)cc(-c3nc(SC)[nH]c(=O)c3C#N)c2C)CC1. The topological polar surface area (TPSA) is 76.0 Å². The summed E-state index contributed by atoms with van der Waals surface area (Å²) in [6.45, 7) is 12.6. The van der Waals surface area contributed by atoms with Gasteiger partial charge < -0.3 is 9.88 Å². The summed E-state index contributed by atoms with van der Waals surface area (Å²) in [6.07, 6.45) is 1.86. The quantitative estimate of drug-likeness (QED) is 0.618. The van der Waals surface area contributed by atoms with Crippen LogP contribution in [0.15, 0.2) is 22.1 Å². The maximum atomic E-state index is 12.3. The Hall–Kier alpha value is -2.14. The van der Waals surface area contributed by atoms with Gasteiger partial charge >= 0.3 is 0 Å². The van der Waals surface area contributed by atoms with Crippen molar-refractivity contribution in [1.82, 2.24) is 19.8 Å². The van der Waals surface area contributed by atoms with Gasteiger partial charge in [0.25, 0.3) is 5.56 Å². The lowest BCUT2D eigenvalue weighted by atomic mass is 9.94. The lowest BCUT2D eigenvalue weighted by molar-refractivity contribution is 0.132. The molecule has 6 nitrogen and oxygen atoms in total. The monoisotopic (exact) mass is 397 g/mol. The molecule has 1 aromatic carbocycles. The van der Waals surface area contributed by atoms with Crippen molar-refractivity contribution in [2.75, 3.05) is 39.0 Å². The molecule has 1 N–H and O–H groups in total. The van der Waals surface area contributed by atoms with Crippen molar-refractivity contribution in [2.45, 2.75) is 32.5 Å². The third-order valence-electron chi connectivity index (χ3n) is 5.42. The van der Waals surface area contributed by atoms with Crippen LogP contribution in [0.1, 0.15) is 29.2 Å². The molecule has 1 aliphatic rings. The molecule has 0 amide bonds. The molecule has 0 atom stereocenters. The summed E-state index contributed by atoms with van der Waals surface area (Å²) in [4.78, 5) is 24.5. The first-order valence-electron chi connectivity index (χ1n) is 9.60. The fraction of sp³-hybridized carbons (Fsp3) is 0.476. The first-order chi connectivity index (χ1) is 13.5. The van der Waals surface area contributed by atoms with Crippen LogP contribution < -0.4 is 5.56 Å². The first kappa shape index (κ1) is 20.6. The second kappa shape index (κ2) is 8.91. The Bertz CT molecular complexity index is 954. The lowest BCUT2D eigenvalue weighted by Gasteiger charge is -2.34. The van der Waals surface area contributed by atoms with Crippen LogP contribution in [0.3, 0.4) is 0 Å². The van der Waals surface area contributed by atoms with Gasteiger partial charge in [-0.2, -0.15) is 5.26 Å². The van der Waals surface area contributed by atoms with Crippen molar-refractivity contribution >= 4 is 11.8 Å². The van der Waals surface area contributed by atoms with Crippen LogP contribution in [-0.2, 0) is 6.54 Å². The van der Waals surface area contributed by atoms with Gasteiger partial charge in [-0.05, 0) is 43.8 Å². The highest BCUT2D eigenvalue weighted by Crippen LogP contribution is 2.29. The van der Waals surface area contributed by atoms with Crippen LogP contribution in [0.4, 0.5) is 0 Å². The molecule has 0 radical (unpaired) electrons. The number of rotatable bonds is 5. The van der Waals surface area contributed by atoms with E-state index in [2.05, 4.69) is 46.6 Å². The Labute approximate surface area is 170 Å². The van der Waals surface area contributed by atoms with Gasteiger partial charge in [0.1, 0.15) is 11.6 Å². The van der Waals surface area contributed by atoms with E-state index in [1.165, 1.54) is 17.3 Å². The molecule has 3 rings (SSSR count). The lowest BCUT2D eigenvalue weighted by Crippen LogP contribution is -2.45. The average Bonchev–Trinajstić information content (AvgIpc) is 2.70. The molecule has 1 aliphatic heterocycles. The standard InChI is InChI=1S/C21H27N5OS/c1-5-25-6-8-26(9-7-25)13-16-10-14(2)11-17(15(16)3)19-18(12-22)20(27)24-21(23-19)28-4/h10-11H,5-9,13H2,1-4H3,(H,23,24,27). The summed E-state index contributed by atoms with van der Waals surface area (Å²) in [5.41, 5.74) is 4.49. The molecule has 0 spiro atoms. The Balaban J connectivity index is 2.00. The first-order valence-corrected chi connectivity index (χ1v) is 10.8. The molecule has 1 fully saturated rings. The highest BCUT2D eigenvalue weighted by atomic mass is 32.2. The summed E-state index contributed by atoms with van der Waals surface area (Å²) in [7, 11) is 0. The minimum atomic E-state index is -0.380. The zero-order valence-electron chi connectivity index (χ0n) is 17.0. The van der Waals surface area contributed by atoms with Crippen molar-refractivity contribution in [3.8, 4) is 17.3 Å². The number of thioether (sulfide) groups is 1. The second-order valence-corrected chi connectivity index (χ2v) is 8.01. The molecular weight excluding hydrogens is 370 g/mol. The van der Waals surface area contributed by atoms with Crippen molar-refractivity contribution in [1.29, 1.82) is 5.26 Å². The molecule has 0 aliphatic carbocycles. The van der Waals surface area contributed by atoms with Crippen LogP contribution in [0.25, 0.3) is 11.3 Å². The molecule has 0 unspecified atom stereocenters. The fourth-order valence-corrected chi connectivity index (χ4v) is 4.07. The number of aromatic amines is 1. The summed E-state index contributed by atoms with van der Waals surface area (Å²) < 4.78 is 0. The number of piperazine rings is 1. The van der Waals surface area contributed by atoms with E-state index in [0.29, 0.717) is 10.9 Å². The molecule has 148 valence electrons. The minimum absolute atomic E-state index is 0.0778. The fourth-order valence-electron chi connectivity index (χ4n) is 3.70. The zero-order valence-corrected chi connectivity index (χ0v) is 17.8. The Morgan fingerprint density at radius 2 is 1.89 bits per heavy atom. The van der Waals surface area contributed by atoms with Gasteiger partial charge in [0.15, 0.2) is 5.16 Å². The van der Waals surface area contributed by atoms with E-state index in [9.17, 15) is 10.1 Å². The maximum absolute atomic E-state index is 12.3. The molecule has 2 heterocycles. The predicted molar refractivity (Wildman–Crippen MR) is 114 cm³/mol. The number of nitrogens with one attached hydrogen (secondary N) is 1. The Morgan fingerprint density at radius 1 is 1.21 bits per heavy atom. The van der Waals surface area contributed by atoms with E-state index in [1.54, 1.807) is 0 Å². The van der Waals surface area contributed by atoms with Crippen LogP contribution in [0.5, 0.6) is 0 Å². The zero-order chi connectivity index (χ0) is 20.3. The van der Waals surface area contributed by atoms with E-state index in [1.807, 2.05) is 18.4 Å². The normalized spacial score (nSPS) is 15.5. The van der Waals surface area contributed by atoms with Crippen molar-refractivity contribution in [3.05, 3.63) is 44.7 Å². The number of aryl methyl sites for hydroxylation is 1. The van der Waals surface area contributed by atoms with Crippen LogP contribution in [0, 0.1) is 25.2 Å². The second-order valence-electron chi connectivity index (χ2n) is 7.22. The average molecular weight is 398 g/mol. The number of H-pyrrole nitrogens is 1. The third-order valence-corrected chi connectivity index (χ3v) is 6.00. The van der Waals surface area contributed by atoms with Crippen LogP contribution in [-0.4, -0.2) is 58.7 Å². The highest BCUT2D eigenvalue weighted by Gasteiger charge is 2.20. The summed E-state index contributed by atoms with van der Waals surface area (Å²) in [5, 5.41) is 10.1. The maximum Gasteiger partial charge on any atom is 0.270 e. The van der Waals surface area contributed by atoms with Gasteiger partial charge in [-0.25, -0.2) is 4.98 Å². The molecule has 0 saturated carbocycles. The molecule has 0 bridgehead atoms. The van der Waals surface area contributed by atoms with E-state index < -0.39 is 0 Å². The third kappa shape index (κ3) is 4.30. The van der Waals surface area contributed by atoms with E-state index in [0.717, 1.165) is 56.0 Å². The Morgan fingerprint density at radius 3 is 2.50 bits per heavy atom. The van der Waals surface area contributed by atoms with Crippen molar-refractivity contribution < 1.29 is 0 Å². The highest BCUT2D eigenvalue weighted by molar-refractivity contribution is 7.98. The van der Waals surface area contributed by atoms with Crippen molar-refractivity contribution in [3.63, 3.8) is 0 Å². The Kier molecular flexibility index (Phi) is 6.55. The molecule has 7 heteroatoms. The van der Waals surface area contributed by atoms with Crippen molar-refractivity contribution in [2.24, 2.45) is 0 Å². The van der Waals surface area contributed by atoms with Gasteiger partial charge in [-0.1, -0.05) is 30.3 Å².